The average Bonchev–Trinajstić information content (AvgIpc) is 2.76. The first-order valence-electron chi connectivity index (χ1n) is 10.7. The Morgan fingerprint density at radius 2 is 1.84 bits per heavy atom. The molecule has 1 aliphatic heterocycles. The van der Waals surface area contributed by atoms with Crippen LogP contribution in [-0.2, 0) is 37.4 Å². The van der Waals surface area contributed by atoms with Crippen LogP contribution in [0.5, 0.6) is 0 Å². The number of nitrogens with zero attached hydrogens (tertiary/aromatic N) is 3. The summed E-state index contributed by atoms with van der Waals surface area (Å²) in [5, 5.41) is 2.91. The summed E-state index contributed by atoms with van der Waals surface area (Å²) in [5.41, 5.74) is 4.88. The number of hydrogen-bond donors (Lipinski definition) is 1. The quantitative estimate of drug-likeness (QED) is 0.671. The van der Waals surface area contributed by atoms with Gasteiger partial charge in [-0.15, -0.1) is 0 Å². The van der Waals surface area contributed by atoms with Crippen LogP contribution in [0.2, 0.25) is 0 Å². The maximum atomic E-state index is 13.2. The first-order chi connectivity index (χ1) is 15.0. The highest BCUT2D eigenvalue weighted by molar-refractivity contribution is 5.75. The van der Waals surface area contributed by atoms with Crippen molar-refractivity contribution < 1.29 is 4.79 Å². The molecule has 0 bridgehead atoms. The average molecular weight is 417 g/mol. The molecular weight excluding hydrogens is 388 g/mol. The molecule has 1 amide bonds. The maximum Gasteiger partial charge on any atom is 0.258 e. The Morgan fingerprint density at radius 3 is 2.61 bits per heavy atom. The van der Waals surface area contributed by atoms with Crippen LogP contribution in [-0.4, -0.2) is 26.9 Å². The predicted molar refractivity (Wildman–Crippen MR) is 121 cm³/mol. The number of carbonyl (C=O) groups is 1. The van der Waals surface area contributed by atoms with Gasteiger partial charge in [0.2, 0.25) is 5.91 Å². The zero-order chi connectivity index (χ0) is 21.8. The van der Waals surface area contributed by atoms with Gasteiger partial charge in [0.05, 0.1) is 11.3 Å². The van der Waals surface area contributed by atoms with Gasteiger partial charge < -0.3 is 5.32 Å². The molecule has 6 nitrogen and oxygen atoms in total. The molecule has 0 saturated heterocycles. The zero-order valence-electron chi connectivity index (χ0n) is 18.1. The van der Waals surface area contributed by atoms with E-state index in [1.165, 1.54) is 10.1 Å². The summed E-state index contributed by atoms with van der Waals surface area (Å²) >= 11 is 0. The Balaban J connectivity index is 1.46. The van der Waals surface area contributed by atoms with E-state index in [1.54, 1.807) is 6.92 Å². The lowest BCUT2D eigenvalue weighted by Crippen LogP contribution is -2.40. The van der Waals surface area contributed by atoms with Crippen LogP contribution in [0.25, 0.3) is 0 Å². The van der Waals surface area contributed by atoms with Gasteiger partial charge in [-0.05, 0) is 25.0 Å². The van der Waals surface area contributed by atoms with Crippen LogP contribution in [0.4, 0.5) is 0 Å². The van der Waals surface area contributed by atoms with Crippen LogP contribution in [0.1, 0.15) is 33.8 Å². The topological polar surface area (TPSA) is 67.2 Å². The van der Waals surface area contributed by atoms with Crippen molar-refractivity contribution in [1.29, 1.82) is 0 Å². The second kappa shape index (κ2) is 9.27. The van der Waals surface area contributed by atoms with Crippen LogP contribution < -0.4 is 10.9 Å². The molecule has 4 rings (SSSR count). The molecular formula is C25H28N4O2. The van der Waals surface area contributed by atoms with Crippen molar-refractivity contribution in [3.8, 4) is 0 Å². The van der Waals surface area contributed by atoms with Crippen LogP contribution >= 0.6 is 0 Å². The zero-order valence-corrected chi connectivity index (χ0v) is 18.1. The van der Waals surface area contributed by atoms with E-state index in [1.807, 2.05) is 49.4 Å². The summed E-state index contributed by atoms with van der Waals surface area (Å²) in [6.45, 7) is 6.47. The molecule has 0 radical (unpaired) electrons. The lowest BCUT2D eigenvalue weighted by molar-refractivity contribution is -0.121. The largest absolute Gasteiger partial charge is 0.350 e. The Labute approximate surface area is 182 Å². The third-order valence-corrected chi connectivity index (χ3v) is 5.71. The molecule has 0 atom stereocenters. The molecule has 3 aromatic rings. The third kappa shape index (κ3) is 5.09. The fourth-order valence-electron chi connectivity index (χ4n) is 4.07. The van der Waals surface area contributed by atoms with E-state index in [0.717, 1.165) is 36.3 Å². The van der Waals surface area contributed by atoms with Crippen LogP contribution in [0, 0.1) is 13.8 Å². The van der Waals surface area contributed by atoms with Crippen LogP contribution in [0.15, 0.2) is 59.4 Å². The van der Waals surface area contributed by atoms with Gasteiger partial charge in [0.1, 0.15) is 12.4 Å². The van der Waals surface area contributed by atoms with E-state index in [-0.39, 0.29) is 18.0 Å². The van der Waals surface area contributed by atoms with Gasteiger partial charge in [0.15, 0.2) is 0 Å². The molecule has 0 fully saturated rings. The normalized spacial score (nSPS) is 13.6. The molecule has 31 heavy (non-hydrogen) atoms. The molecule has 0 unspecified atom stereocenters. The Hall–Kier alpha value is -3.25. The van der Waals surface area contributed by atoms with Crippen molar-refractivity contribution in [2.24, 2.45) is 0 Å². The fourth-order valence-corrected chi connectivity index (χ4v) is 4.07. The summed E-state index contributed by atoms with van der Waals surface area (Å²) in [5.74, 6) is 0.399. The first-order valence-corrected chi connectivity index (χ1v) is 10.7. The van der Waals surface area contributed by atoms with E-state index >= 15 is 0 Å². The molecule has 6 heteroatoms. The standard InChI is InChI=1S/C25H28N4O2/c1-18-7-6-10-21(13-18)14-26-24(30)17-29-19(2)27-23-11-12-28(16-22(23)25(29)31)15-20-8-4-3-5-9-20/h3-10,13H,11-12,14-17H2,1-2H3,(H,26,30). The molecule has 0 aliphatic carbocycles. The highest BCUT2D eigenvalue weighted by atomic mass is 16.2. The van der Waals surface area contributed by atoms with Gasteiger partial charge >= 0.3 is 0 Å². The minimum atomic E-state index is -0.189. The number of carbonyl (C=O) groups excluding carboxylic acids is 1. The molecule has 0 saturated carbocycles. The monoisotopic (exact) mass is 416 g/mol. The molecule has 1 aromatic heterocycles. The molecule has 2 heterocycles. The van der Waals surface area contributed by atoms with E-state index in [9.17, 15) is 9.59 Å². The van der Waals surface area contributed by atoms with Gasteiger partial charge in [-0.2, -0.15) is 0 Å². The highest BCUT2D eigenvalue weighted by Crippen LogP contribution is 2.17. The van der Waals surface area contributed by atoms with Crippen molar-refractivity contribution in [3.63, 3.8) is 0 Å². The van der Waals surface area contributed by atoms with E-state index in [4.69, 9.17) is 0 Å². The lowest BCUT2D eigenvalue weighted by atomic mass is 10.1. The van der Waals surface area contributed by atoms with E-state index in [2.05, 4.69) is 27.3 Å². The van der Waals surface area contributed by atoms with Crippen molar-refractivity contribution in [2.75, 3.05) is 6.54 Å². The lowest BCUT2D eigenvalue weighted by Gasteiger charge is -2.28. The predicted octanol–water partition coefficient (Wildman–Crippen LogP) is 2.73. The van der Waals surface area contributed by atoms with Gasteiger partial charge in [-0.25, -0.2) is 4.98 Å². The number of amides is 1. The summed E-state index contributed by atoms with van der Waals surface area (Å²) in [4.78, 5) is 32.7. The number of fused-ring (bicyclic) bond motifs is 1. The molecule has 2 aromatic carbocycles. The maximum absolute atomic E-state index is 13.2. The van der Waals surface area contributed by atoms with Gasteiger partial charge in [-0.3, -0.25) is 19.1 Å². The Kier molecular flexibility index (Phi) is 6.28. The summed E-state index contributed by atoms with van der Waals surface area (Å²) in [6, 6.07) is 18.3. The van der Waals surface area contributed by atoms with E-state index < -0.39 is 0 Å². The fraction of sp³-hybridized carbons (Fsp3) is 0.320. The minimum Gasteiger partial charge on any atom is -0.350 e. The SMILES string of the molecule is Cc1cccc(CNC(=O)Cn2c(C)nc3c(c2=O)CN(Cc2ccccc2)CC3)c1. The molecule has 160 valence electrons. The number of rotatable bonds is 6. The molecule has 0 spiro atoms. The van der Waals surface area contributed by atoms with Crippen molar-refractivity contribution in [2.45, 2.75) is 46.4 Å². The number of aromatic nitrogens is 2. The second-order valence-electron chi connectivity index (χ2n) is 8.19. The Morgan fingerprint density at radius 1 is 1.06 bits per heavy atom. The summed E-state index contributed by atoms with van der Waals surface area (Å²) < 4.78 is 1.50. The van der Waals surface area contributed by atoms with Gasteiger partial charge in [0.25, 0.3) is 5.56 Å². The summed E-state index contributed by atoms with van der Waals surface area (Å²) in [6.07, 6.45) is 0.749. The van der Waals surface area contributed by atoms with Crippen molar-refractivity contribution in [1.82, 2.24) is 19.8 Å². The Bertz CT molecular complexity index is 1140. The minimum absolute atomic E-state index is 0.0184. The molecule has 1 aliphatic rings. The number of nitrogens with one attached hydrogen (secondary N) is 1. The van der Waals surface area contributed by atoms with Crippen molar-refractivity contribution in [3.05, 3.63) is 98.7 Å². The van der Waals surface area contributed by atoms with Gasteiger partial charge in [0, 0.05) is 32.6 Å². The van der Waals surface area contributed by atoms with Gasteiger partial charge in [-0.1, -0.05) is 60.2 Å². The first kappa shape index (κ1) is 21.0. The van der Waals surface area contributed by atoms with Crippen molar-refractivity contribution >= 4 is 5.91 Å². The number of benzene rings is 2. The second-order valence-corrected chi connectivity index (χ2v) is 8.19. The smallest absolute Gasteiger partial charge is 0.258 e. The van der Waals surface area contributed by atoms with E-state index in [0.29, 0.717) is 24.5 Å². The summed E-state index contributed by atoms with van der Waals surface area (Å²) in [7, 11) is 0. The highest BCUT2D eigenvalue weighted by Gasteiger charge is 2.23. The molecule has 1 N–H and O–H groups in total. The van der Waals surface area contributed by atoms with Crippen LogP contribution in [0.3, 0.4) is 0 Å². The number of aryl methyl sites for hydroxylation is 2. The number of hydrogen-bond acceptors (Lipinski definition) is 4. The third-order valence-electron chi connectivity index (χ3n) is 5.71.